The number of nitrogens with zero attached hydrogens (tertiary/aromatic N) is 4. The molecule has 8 nitrogen and oxygen atoms in total. The number of hydrogen-bond acceptors (Lipinski definition) is 5. The van der Waals surface area contributed by atoms with Crippen molar-refractivity contribution in [3.63, 3.8) is 0 Å². The summed E-state index contributed by atoms with van der Waals surface area (Å²) in [5, 5.41) is 13.0. The number of para-hydroxylation sites is 1. The Morgan fingerprint density at radius 1 is 1.32 bits per heavy atom. The number of fused-ring (bicyclic) bond motifs is 2. The van der Waals surface area contributed by atoms with E-state index < -0.39 is 23.4 Å². The van der Waals surface area contributed by atoms with Crippen LogP contribution in [0, 0.1) is 17.2 Å². The maximum absolute atomic E-state index is 13.9. The molecule has 0 radical (unpaired) electrons. The first-order valence-corrected chi connectivity index (χ1v) is 11.6. The third-order valence-corrected chi connectivity index (χ3v) is 6.95. The summed E-state index contributed by atoms with van der Waals surface area (Å²) < 4.78 is 0. The summed E-state index contributed by atoms with van der Waals surface area (Å²) in [6, 6.07) is 11.1. The molecule has 176 valence electrons. The van der Waals surface area contributed by atoms with Gasteiger partial charge in [-0.25, -0.2) is 4.98 Å². The van der Waals surface area contributed by atoms with Crippen LogP contribution in [0.4, 0.5) is 5.69 Å². The number of pyridine rings is 1. The van der Waals surface area contributed by atoms with Crippen molar-refractivity contribution >= 4 is 35.0 Å². The number of likely N-dealkylation sites (tertiary alicyclic amines) is 1. The van der Waals surface area contributed by atoms with Crippen molar-refractivity contribution in [2.45, 2.75) is 44.2 Å². The summed E-state index contributed by atoms with van der Waals surface area (Å²) in [5.74, 6) is -0.960. The molecule has 9 heteroatoms. The largest absolute Gasteiger partial charge is 0.328 e. The van der Waals surface area contributed by atoms with Crippen LogP contribution in [-0.2, 0) is 15.0 Å². The number of nitrogens with one attached hydrogen (secondary N) is 1. The average molecular weight is 480 g/mol. The molecule has 2 aliphatic rings. The van der Waals surface area contributed by atoms with E-state index in [1.165, 1.54) is 16.0 Å². The fourth-order valence-electron chi connectivity index (χ4n) is 4.90. The molecular formula is C25H26ClN5O3. The summed E-state index contributed by atoms with van der Waals surface area (Å²) in [5.41, 5.74) is 0.573. The van der Waals surface area contributed by atoms with Crippen molar-refractivity contribution in [3.8, 4) is 6.07 Å². The standard InChI is InChI=1S/C25H26ClN5O3/c1-15(2)11-20(30(3)23(33)21-18(26)8-6-10-28-21)22(32)31-14-25(12-16(31)13-27)17-7-4-5-9-19(17)29-24(25)34/h4-10,15-16,20H,11-12,14H2,1-3H3,(H,29,34)/t16-,20-,25-/m0/s1. The van der Waals surface area contributed by atoms with Crippen LogP contribution < -0.4 is 5.32 Å². The summed E-state index contributed by atoms with van der Waals surface area (Å²) >= 11 is 6.18. The van der Waals surface area contributed by atoms with Crippen LogP contribution in [0.25, 0.3) is 0 Å². The van der Waals surface area contributed by atoms with Gasteiger partial charge in [0, 0.05) is 31.9 Å². The predicted octanol–water partition coefficient (Wildman–Crippen LogP) is 3.24. The Bertz CT molecular complexity index is 1190. The monoisotopic (exact) mass is 479 g/mol. The highest BCUT2D eigenvalue weighted by Gasteiger charge is 2.56. The van der Waals surface area contributed by atoms with E-state index >= 15 is 0 Å². The van der Waals surface area contributed by atoms with Gasteiger partial charge >= 0.3 is 0 Å². The number of rotatable bonds is 5. The Balaban J connectivity index is 1.67. The number of carbonyl (C=O) groups excluding carboxylic acids is 3. The SMILES string of the molecule is CC(C)C[C@@H](C(=O)N1C[C@]2(C[C@H]1C#N)C(=O)Nc1ccccc12)N(C)C(=O)c1ncccc1Cl. The van der Waals surface area contributed by atoms with Crippen LogP contribution in [-0.4, -0.2) is 58.2 Å². The lowest BCUT2D eigenvalue weighted by Crippen LogP contribution is -2.52. The maximum atomic E-state index is 13.9. The first-order chi connectivity index (χ1) is 16.2. The van der Waals surface area contributed by atoms with E-state index in [1.54, 1.807) is 19.2 Å². The number of aromatic nitrogens is 1. The summed E-state index contributed by atoms with van der Waals surface area (Å²) in [6.45, 7) is 3.99. The highest BCUT2D eigenvalue weighted by Crippen LogP contribution is 2.46. The molecule has 0 saturated carbocycles. The lowest BCUT2D eigenvalue weighted by atomic mass is 9.80. The van der Waals surface area contributed by atoms with E-state index in [9.17, 15) is 19.6 Å². The summed E-state index contributed by atoms with van der Waals surface area (Å²) in [6.07, 6.45) is 2.06. The molecule has 0 aliphatic carbocycles. The second kappa shape index (κ2) is 9.07. The van der Waals surface area contributed by atoms with Gasteiger partial charge in [-0.15, -0.1) is 0 Å². The third-order valence-electron chi connectivity index (χ3n) is 6.64. The van der Waals surface area contributed by atoms with E-state index in [2.05, 4.69) is 16.4 Å². The number of halogens is 1. The van der Waals surface area contributed by atoms with Crippen molar-refractivity contribution in [1.29, 1.82) is 5.26 Å². The number of nitriles is 1. The van der Waals surface area contributed by atoms with Gasteiger partial charge in [0.1, 0.15) is 17.8 Å². The molecule has 1 fully saturated rings. The minimum absolute atomic E-state index is 0.0621. The lowest BCUT2D eigenvalue weighted by Gasteiger charge is -2.33. The van der Waals surface area contributed by atoms with Crippen LogP contribution in [0.3, 0.4) is 0 Å². The van der Waals surface area contributed by atoms with E-state index in [-0.39, 0.29) is 41.4 Å². The molecule has 34 heavy (non-hydrogen) atoms. The fourth-order valence-corrected chi connectivity index (χ4v) is 5.10. The van der Waals surface area contributed by atoms with Crippen LogP contribution >= 0.6 is 11.6 Å². The van der Waals surface area contributed by atoms with E-state index in [0.29, 0.717) is 12.1 Å². The molecule has 1 aromatic heterocycles. The topological polar surface area (TPSA) is 106 Å². The number of likely N-dealkylation sites (N-methyl/N-ethyl adjacent to an activating group) is 1. The molecule has 3 atom stereocenters. The van der Waals surface area contributed by atoms with Gasteiger partial charge in [0.05, 0.1) is 16.5 Å². The fraction of sp³-hybridized carbons (Fsp3) is 0.400. The molecule has 2 aromatic rings. The molecular weight excluding hydrogens is 454 g/mol. The molecule has 1 spiro atoms. The molecule has 1 saturated heterocycles. The smallest absolute Gasteiger partial charge is 0.274 e. The van der Waals surface area contributed by atoms with Gasteiger partial charge in [0.15, 0.2) is 0 Å². The van der Waals surface area contributed by atoms with Crippen LogP contribution in [0.5, 0.6) is 0 Å². The van der Waals surface area contributed by atoms with Crippen molar-refractivity contribution < 1.29 is 14.4 Å². The third kappa shape index (κ3) is 3.90. The second-order valence-corrected chi connectivity index (χ2v) is 9.70. The van der Waals surface area contributed by atoms with Gasteiger partial charge in [-0.1, -0.05) is 43.6 Å². The van der Waals surface area contributed by atoms with Crippen molar-refractivity contribution in [2.75, 3.05) is 18.9 Å². The lowest BCUT2D eigenvalue weighted by molar-refractivity contribution is -0.136. The van der Waals surface area contributed by atoms with E-state index in [0.717, 1.165) is 5.56 Å². The molecule has 3 heterocycles. The first-order valence-electron chi connectivity index (χ1n) is 11.2. The molecule has 1 N–H and O–H groups in total. The van der Waals surface area contributed by atoms with Crippen molar-refractivity contribution in [1.82, 2.24) is 14.8 Å². The van der Waals surface area contributed by atoms with Crippen molar-refractivity contribution in [3.05, 3.63) is 58.9 Å². The molecule has 1 aromatic carbocycles. The van der Waals surface area contributed by atoms with Gasteiger partial charge in [-0.3, -0.25) is 14.4 Å². The first kappa shape index (κ1) is 23.7. The normalized spacial score (nSPS) is 21.8. The Morgan fingerprint density at radius 2 is 2.06 bits per heavy atom. The maximum Gasteiger partial charge on any atom is 0.274 e. The van der Waals surface area contributed by atoms with Gasteiger partial charge in [-0.2, -0.15) is 5.26 Å². The quantitative estimate of drug-likeness (QED) is 0.708. The van der Waals surface area contributed by atoms with E-state index in [4.69, 9.17) is 11.6 Å². The number of anilines is 1. The van der Waals surface area contributed by atoms with Crippen molar-refractivity contribution in [2.24, 2.45) is 5.92 Å². The van der Waals surface area contributed by atoms with Gasteiger partial charge < -0.3 is 15.1 Å². The zero-order valence-electron chi connectivity index (χ0n) is 19.3. The van der Waals surface area contributed by atoms with Crippen LogP contribution in [0.2, 0.25) is 5.02 Å². The number of benzene rings is 1. The van der Waals surface area contributed by atoms with Gasteiger partial charge in [0.25, 0.3) is 5.91 Å². The molecule has 0 bridgehead atoms. The van der Waals surface area contributed by atoms with E-state index in [1.807, 2.05) is 38.1 Å². The average Bonchev–Trinajstić information content (AvgIpc) is 3.35. The number of amides is 3. The molecule has 0 unspecified atom stereocenters. The molecule has 3 amide bonds. The minimum Gasteiger partial charge on any atom is -0.328 e. The Labute approximate surface area is 203 Å². The Morgan fingerprint density at radius 3 is 2.74 bits per heavy atom. The Hall–Kier alpha value is -3.44. The molecule has 4 rings (SSSR count). The van der Waals surface area contributed by atoms with Crippen LogP contribution in [0.15, 0.2) is 42.6 Å². The second-order valence-electron chi connectivity index (χ2n) is 9.29. The summed E-state index contributed by atoms with van der Waals surface area (Å²) in [4.78, 5) is 47.0. The zero-order chi connectivity index (χ0) is 24.6. The highest BCUT2D eigenvalue weighted by molar-refractivity contribution is 6.33. The number of carbonyl (C=O) groups is 3. The Kier molecular flexibility index (Phi) is 6.32. The zero-order valence-corrected chi connectivity index (χ0v) is 20.0. The summed E-state index contributed by atoms with van der Waals surface area (Å²) in [7, 11) is 1.54. The molecule has 2 aliphatic heterocycles. The highest BCUT2D eigenvalue weighted by atomic mass is 35.5. The van der Waals surface area contributed by atoms with Crippen LogP contribution in [0.1, 0.15) is 42.7 Å². The minimum atomic E-state index is -0.984. The van der Waals surface area contributed by atoms with Gasteiger partial charge in [0.2, 0.25) is 11.8 Å². The number of hydrogen-bond donors (Lipinski definition) is 1. The predicted molar refractivity (Wildman–Crippen MR) is 127 cm³/mol. The van der Waals surface area contributed by atoms with Gasteiger partial charge in [-0.05, 0) is 36.1 Å².